The Bertz CT molecular complexity index is 295. The first kappa shape index (κ1) is 11.6. The summed E-state index contributed by atoms with van der Waals surface area (Å²) in [6.45, 7) is 4.50. The fourth-order valence-electron chi connectivity index (χ4n) is 2.84. The van der Waals surface area contributed by atoms with Crippen LogP contribution in [-0.4, -0.2) is 48.3 Å². The Hall–Kier alpha value is -0.900. The molecule has 0 spiro atoms. The average Bonchev–Trinajstić information content (AvgIpc) is 2.55. The molecular formula is C12H20N2O2. The lowest BCUT2D eigenvalue weighted by molar-refractivity contribution is -0.139. The predicted octanol–water partition coefficient (Wildman–Crippen LogP) is 0.723. The van der Waals surface area contributed by atoms with E-state index in [-0.39, 0.29) is 17.7 Å². The molecule has 0 bridgehead atoms. The molecule has 1 unspecified atom stereocenters. The van der Waals surface area contributed by atoms with E-state index in [0.717, 1.165) is 25.9 Å². The molecule has 4 heteroatoms. The van der Waals surface area contributed by atoms with Crippen molar-refractivity contribution >= 4 is 11.8 Å². The third-order valence-electron chi connectivity index (χ3n) is 3.93. The van der Waals surface area contributed by atoms with Gasteiger partial charge in [0.1, 0.15) is 0 Å². The second-order valence-electron chi connectivity index (χ2n) is 4.93. The smallest absolute Gasteiger partial charge is 0.233 e. The topological polar surface area (TPSA) is 40.6 Å². The standard InChI is InChI=1S/C12H20N2O2/c1-3-14-11(15)8-10(12(14)16)9-4-6-13(2)7-5-9/h9-10H,3-8H2,1-2H3. The summed E-state index contributed by atoms with van der Waals surface area (Å²) in [5.74, 6) is 0.490. The van der Waals surface area contributed by atoms with Crippen molar-refractivity contribution in [1.29, 1.82) is 0 Å². The molecule has 0 aromatic carbocycles. The van der Waals surface area contributed by atoms with Gasteiger partial charge >= 0.3 is 0 Å². The molecule has 0 aromatic rings. The number of carbonyl (C=O) groups is 2. The van der Waals surface area contributed by atoms with Crippen LogP contribution in [0, 0.1) is 11.8 Å². The van der Waals surface area contributed by atoms with E-state index in [0.29, 0.717) is 18.9 Å². The summed E-state index contributed by atoms with van der Waals surface area (Å²) < 4.78 is 0. The first-order valence-corrected chi connectivity index (χ1v) is 6.16. The lowest BCUT2D eigenvalue weighted by atomic mass is 9.83. The van der Waals surface area contributed by atoms with Crippen LogP contribution in [0.25, 0.3) is 0 Å². The van der Waals surface area contributed by atoms with Crippen LogP contribution >= 0.6 is 0 Å². The van der Waals surface area contributed by atoms with Gasteiger partial charge in [-0.05, 0) is 45.8 Å². The minimum absolute atomic E-state index is 0.0245. The van der Waals surface area contributed by atoms with E-state index < -0.39 is 0 Å². The summed E-state index contributed by atoms with van der Waals surface area (Å²) in [5.41, 5.74) is 0. The molecule has 16 heavy (non-hydrogen) atoms. The molecule has 2 amide bonds. The Balaban J connectivity index is 2.01. The molecule has 2 aliphatic rings. The highest BCUT2D eigenvalue weighted by atomic mass is 16.2. The lowest BCUT2D eigenvalue weighted by Gasteiger charge is -2.31. The number of imide groups is 1. The Morgan fingerprint density at radius 2 is 1.88 bits per heavy atom. The molecule has 1 atom stereocenters. The van der Waals surface area contributed by atoms with Crippen LogP contribution in [0.4, 0.5) is 0 Å². The van der Waals surface area contributed by atoms with Crippen molar-refractivity contribution in [3.8, 4) is 0 Å². The number of amides is 2. The van der Waals surface area contributed by atoms with E-state index in [1.165, 1.54) is 4.90 Å². The van der Waals surface area contributed by atoms with Crippen LogP contribution in [0.1, 0.15) is 26.2 Å². The van der Waals surface area contributed by atoms with E-state index in [1.807, 2.05) is 6.92 Å². The summed E-state index contributed by atoms with van der Waals surface area (Å²) >= 11 is 0. The van der Waals surface area contributed by atoms with Gasteiger partial charge in [0.15, 0.2) is 0 Å². The van der Waals surface area contributed by atoms with Crippen molar-refractivity contribution in [2.75, 3.05) is 26.7 Å². The van der Waals surface area contributed by atoms with Gasteiger partial charge in [0.2, 0.25) is 11.8 Å². The highest BCUT2D eigenvalue weighted by Crippen LogP contribution is 2.32. The summed E-state index contributed by atoms with van der Waals surface area (Å²) in [6, 6.07) is 0. The SMILES string of the molecule is CCN1C(=O)CC(C2CCN(C)CC2)C1=O. The lowest BCUT2D eigenvalue weighted by Crippen LogP contribution is -2.37. The van der Waals surface area contributed by atoms with E-state index in [2.05, 4.69) is 11.9 Å². The van der Waals surface area contributed by atoms with Gasteiger partial charge in [-0.3, -0.25) is 14.5 Å². The first-order chi connectivity index (χ1) is 7.63. The van der Waals surface area contributed by atoms with Crippen molar-refractivity contribution in [3.63, 3.8) is 0 Å². The van der Waals surface area contributed by atoms with Gasteiger partial charge in [0, 0.05) is 13.0 Å². The molecule has 2 aliphatic heterocycles. The molecule has 2 rings (SSSR count). The zero-order valence-electron chi connectivity index (χ0n) is 10.1. The van der Waals surface area contributed by atoms with Crippen LogP contribution in [0.3, 0.4) is 0 Å². The molecule has 0 aliphatic carbocycles. The molecule has 2 heterocycles. The summed E-state index contributed by atoms with van der Waals surface area (Å²) in [5, 5.41) is 0. The van der Waals surface area contributed by atoms with Gasteiger partial charge in [0.05, 0.1) is 5.92 Å². The molecule has 2 fully saturated rings. The highest BCUT2D eigenvalue weighted by Gasteiger charge is 2.42. The van der Waals surface area contributed by atoms with Crippen LogP contribution < -0.4 is 0 Å². The molecule has 4 nitrogen and oxygen atoms in total. The van der Waals surface area contributed by atoms with Crippen LogP contribution in [0.15, 0.2) is 0 Å². The van der Waals surface area contributed by atoms with Crippen molar-refractivity contribution < 1.29 is 9.59 Å². The monoisotopic (exact) mass is 224 g/mol. The highest BCUT2D eigenvalue weighted by molar-refractivity contribution is 6.03. The Morgan fingerprint density at radius 3 is 2.38 bits per heavy atom. The maximum atomic E-state index is 12.0. The normalized spacial score (nSPS) is 29.1. The zero-order valence-corrected chi connectivity index (χ0v) is 10.1. The second kappa shape index (κ2) is 4.53. The number of rotatable bonds is 2. The molecule has 2 saturated heterocycles. The molecule has 0 N–H and O–H groups in total. The van der Waals surface area contributed by atoms with E-state index in [1.54, 1.807) is 0 Å². The van der Waals surface area contributed by atoms with Crippen molar-refractivity contribution in [2.24, 2.45) is 11.8 Å². The van der Waals surface area contributed by atoms with Crippen LogP contribution in [-0.2, 0) is 9.59 Å². The van der Waals surface area contributed by atoms with Gasteiger partial charge in [-0.15, -0.1) is 0 Å². The van der Waals surface area contributed by atoms with Gasteiger partial charge in [-0.2, -0.15) is 0 Å². The fraction of sp³-hybridized carbons (Fsp3) is 0.833. The molecule has 0 aromatic heterocycles. The second-order valence-corrected chi connectivity index (χ2v) is 4.93. The maximum absolute atomic E-state index is 12.0. The number of hydrogen-bond donors (Lipinski definition) is 0. The minimum Gasteiger partial charge on any atom is -0.306 e. The summed E-state index contributed by atoms with van der Waals surface area (Å²) in [6.07, 6.45) is 2.55. The van der Waals surface area contributed by atoms with Crippen molar-refractivity contribution in [2.45, 2.75) is 26.2 Å². The van der Waals surface area contributed by atoms with Crippen LogP contribution in [0.2, 0.25) is 0 Å². The third kappa shape index (κ3) is 1.98. The fourth-order valence-corrected chi connectivity index (χ4v) is 2.84. The predicted molar refractivity (Wildman–Crippen MR) is 60.7 cm³/mol. The summed E-state index contributed by atoms with van der Waals surface area (Å²) in [7, 11) is 2.11. The molecular weight excluding hydrogens is 204 g/mol. The average molecular weight is 224 g/mol. The van der Waals surface area contributed by atoms with Gasteiger partial charge in [-0.25, -0.2) is 0 Å². The van der Waals surface area contributed by atoms with E-state index in [9.17, 15) is 9.59 Å². The molecule has 0 saturated carbocycles. The Labute approximate surface area is 96.6 Å². The third-order valence-corrected chi connectivity index (χ3v) is 3.93. The number of hydrogen-bond acceptors (Lipinski definition) is 3. The quantitative estimate of drug-likeness (QED) is 0.649. The number of likely N-dealkylation sites (tertiary alicyclic amines) is 2. The zero-order chi connectivity index (χ0) is 11.7. The number of nitrogens with zero attached hydrogens (tertiary/aromatic N) is 2. The van der Waals surface area contributed by atoms with E-state index >= 15 is 0 Å². The van der Waals surface area contributed by atoms with Gasteiger partial charge in [0.25, 0.3) is 0 Å². The van der Waals surface area contributed by atoms with Gasteiger partial charge < -0.3 is 4.90 Å². The largest absolute Gasteiger partial charge is 0.306 e. The van der Waals surface area contributed by atoms with Crippen molar-refractivity contribution in [1.82, 2.24) is 9.80 Å². The Kier molecular flexibility index (Phi) is 3.28. The Morgan fingerprint density at radius 1 is 1.25 bits per heavy atom. The number of piperidine rings is 1. The maximum Gasteiger partial charge on any atom is 0.233 e. The first-order valence-electron chi connectivity index (χ1n) is 6.16. The molecule has 0 radical (unpaired) electrons. The number of carbonyl (C=O) groups excluding carboxylic acids is 2. The summed E-state index contributed by atoms with van der Waals surface area (Å²) in [4.78, 5) is 27.4. The van der Waals surface area contributed by atoms with Gasteiger partial charge in [-0.1, -0.05) is 0 Å². The van der Waals surface area contributed by atoms with Crippen molar-refractivity contribution in [3.05, 3.63) is 0 Å². The van der Waals surface area contributed by atoms with Crippen LogP contribution in [0.5, 0.6) is 0 Å². The van der Waals surface area contributed by atoms with E-state index in [4.69, 9.17) is 0 Å². The minimum atomic E-state index is -0.0267. The molecule has 90 valence electrons.